The van der Waals surface area contributed by atoms with Crippen LogP contribution in [0.1, 0.15) is 19.3 Å². The van der Waals surface area contributed by atoms with Crippen molar-refractivity contribution >= 4 is 11.9 Å². The van der Waals surface area contributed by atoms with E-state index in [0.717, 1.165) is 45.6 Å². The van der Waals surface area contributed by atoms with Crippen LogP contribution in [-0.2, 0) is 4.79 Å². The van der Waals surface area contributed by atoms with Gasteiger partial charge in [-0.3, -0.25) is 4.79 Å². The van der Waals surface area contributed by atoms with Crippen LogP contribution in [0.2, 0.25) is 0 Å². The highest BCUT2D eigenvalue weighted by Crippen LogP contribution is 2.18. The molecule has 2 fully saturated rings. The molecule has 0 unspecified atom stereocenters. The lowest BCUT2D eigenvalue weighted by atomic mass is 10.0. The van der Waals surface area contributed by atoms with Crippen molar-refractivity contribution in [1.82, 2.24) is 20.4 Å². The predicted octanol–water partition coefficient (Wildman–Crippen LogP) is -0.388. The zero-order valence-electron chi connectivity index (χ0n) is 10.9. The van der Waals surface area contributed by atoms with Crippen LogP contribution < -0.4 is 10.6 Å². The number of nitrogens with zero attached hydrogens (tertiary/aromatic N) is 2. The molecule has 0 atom stereocenters. The van der Waals surface area contributed by atoms with Crippen molar-refractivity contribution in [3.05, 3.63) is 0 Å². The van der Waals surface area contributed by atoms with Crippen LogP contribution in [0.4, 0.5) is 4.79 Å². The van der Waals surface area contributed by atoms with Gasteiger partial charge < -0.3 is 20.4 Å². The van der Waals surface area contributed by atoms with Crippen LogP contribution in [0.15, 0.2) is 0 Å². The van der Waals surface area contributed by atoms with Crippen LogP contribution in [0.3, 0.4) is 0 Å². The van der Waals surface area contributed by atoms with Gasteiger partial charge in [0.25, 0.3) is 0 Å². The van der Waals surface area contributed by atoms with E-state index in [1.54, 1.807) is 0 Å². The van der Waals surface area contributed by atoms with Crippen molar-refractivity contribution in [3.8, 4) is 0 Å². The number of piperidine rings is 1. The van der Waals surface area contributed by atoms with Gasteiger partial charge in [-0.05, 0) is 19.9 Å². The number of nitrogens with one attached hydrogen (secondary N) is 2. The molecule has 102 valence electrons. The predicted molar refractivity (Wildman–Crippen MR) is 68.3 cm³/mol. The molecule has 0 aromatic heterocycles. The fourth-order valence-electron chi connectivity index (χ4n) is 2.65. The Labute approximate surface area is 108 Å². The van der Waals surface area contributed by atoms with Crippen molar-refractivity contribution in [1.29, 1.82) is 0 Å². The Hall–Kier alpha value is -1.30. The third-order valence-electron chi connectivity index (χ3n) is 3.74. The summed E-state index contributed by atoms with van der Waals surface area (Å²) < 4.78 is 0. The van der Waals surface area contributed by atoms with Gasteiger partial charge in [0.15, 0.2) is 0 Å². The summed E-state index contributed by atoms with van der Waals surface area (Å²) in [6, 6.07) is 0.357. The SMILES string of the molecule is CNCCC(=O)N1CCC(N2CCNC2=O)CC1. The Bertz CT molecular complexity index is 313. The summed E-state index contributed by atoms with van der Waals surface area (Å²) in [5.41, 5.74) is 0. The number of hydrogen-bond donors (Lipinski definition) is 2. The molecule has 2 saturated heterocycles. The summed E-state index contributed by atoms with van der Waals surface area (Å²) in [6.45, 7) is 3.83. The number of hydrogen-bond acceptors (Lipinski definition) is 3. The Kier molecular flexibility index (Phi) is 4.41. The highest BCUT2D eigenvalue weighted by atomic mass is 16.2. The largest absolute Gasteiger partial charge is 0.343 e. The van der Waals surface area contributed by atoms with Crippen molar-refractivity contribution in [2.24, 2.45) is 0 Å². The Balaban J connectivity index is 1.77. The molecule has 0 bridgehead atoms. The van der Waals surface area contributed by atoms with Crippen LogP contribution in [0.5, 0.6) is 0 Å². The second-order valence-electron chi connectivity index (χ2n) is 4.89. The molecule has 0 spiro atoms. The summed E-state index contributed by atoms with van der Waals surface area (Å²) in [5.74, 6) is 0.216. The van der Waals surface area contributed by atoms with Gasteiger partial charge in [-0.1, -0.05) is 0 Å². The fraction of sp³-hybridized carbons (Fsp3) is 0.833. The van der Waals surface area contributed by atoms with E-state index in [9.17, 15) is 9.59 Å². The van der Waals surface area contributed by atoms with Crippen LogP contribution >= 0.6 is 0 Å². The lowest BCUT2D eigenvalue weighted by Gasteiger charge is -2.36. The summed E-state index contributed by atoms with van der Waals surface area (Å²) in [4.78, 5) is 27.2. The van der Waals surface area contributed by atoms with Gasteiger partial charge in [0.05, 0.1) is 0 Å². The molecule has 18 heavy (non-hydrogen) atoms. The van der Waals surface area contributed by atoms with Gasteiger partial charge in [-0.15, -0.1) is 0 Å². The van der Waals surface area contributed by atoms with E-state index in [1.807, 2.05) is 16.8 Å². The molecule has 2 aliphatic rings. The average molecular weight is 254 g/mol. The van der Waals surface area contributed by atoms with E-state index in [-0.39, 0.29) is 11.9 Å². The maximum absolute atomic E-state index is 11.8. The summed E-state index contributed by atoms with van der Waals surface area (Å²) in [7, 11) is 1.85. The average Bonchev–Trinajstić information content (AvgIpc) is 2.82. The molecular weight excluding hydrogens is 232 g/mol. The number of urea groups is 1. The summed E-state index contributed by atoms with van der Waals surface area (Å²) in [6.07, 6.45) is 2.36. The zero-order valence-corrected chi connectivity index (χ0v) is 10.9. The topological polar surface area (TPSA) is 64.7 Å². The second-order valence-corrected chi connectivity index (χ2v) is 4.89. The molecule has 0 aliphatic carbocycles. The molecule has 2 rings (SSSR count). The van der Waals surface area contributed by atoms with Gasteiger partial charge in [-0.25, -0.2) is 4.79 Å². The standard InChI is InChI=1S/C12H22N4O2/c1-13-5-2-11(17)15-7-3-10(4-8-15)16-9-6-14-12(16)18/h10,13H,2-9H2,1H3,(H,14,18). The first kappa shape index (κ1) is 13.1. The van der Waals surface area contributed by atoms with Gasteiger partial charge in [0.1, 0.15) is 0 Å². The first-order chi connectivity index (χ1) is 8.72. The lowest BCUT2D eigenvalue weighted by molar-refractivity contribution is -0.132. The number of likely N-dealkylation sites (tertiary alicyclic amines) is 1. The molecule has 2 N–H and O–H groups in total. The van der Waals surface area contributed by atoms with E-state index >= 15 is 0 Å². The van der Waals surface area contributed by atoms with Crippen molar-refractivity contribution in [2.45, 2.75) is 25.3 Å². The fourth-order valence-corrected chi connectivity index (χ4v) is 2.65. The zero-order chi connectivity index (χ0) is 13.0. The minimum atomic E-state index is 0.0509. The van der Waals surface area contributed by atoms with Gasteiger partial charge in [0, 0.05) is 45.2 Å². The monoisotopic (exact) mass is 254 g/mol. The molecule has 0 saturated carbocycles. The molecule has 0 radical (unpaired) electrons. The highest BCUT2D eigenvalue weighted by Gasteiger charge is 2.31. The van der Waals surface area contributed by atoms with Crippen LogP contribution in [0.25, 0.3) is 0 Å². The molecule has 0 aromatic rings. The first-order valence-corrected chi connectivity index (χ1v) is 6.69. The molecule has 3 amide bonds. The summed E-state index contributed by atoms with van der Waals surface area (Å²) >= 11 is 0. The minimum absolute atomic E-state index is 0.0509. The lowest BCUT2D eigenvalue weighted by Crippen LogP contribution is -2.48. The van der Waals surface area contributed by atoms with E-state index < -0.39 is 0 Å². The second kappa shape index (κ2) is 6.04. The van der Waals surface area contributed by atoms with Crippen molar-refractivity contribution in [3.63, 3.8) is 0 Å². The number of rotatable bonds is 4. The number of carbonyl (C=O) groups is 2. The maximum Gasteiger partial charge on any atom is 0.317 e. The smallest absolute Gasteiger partial charge is 0.317 e. The van der Waals surface area contributed by atoms with Gasteiger partial charge in [0.2, 0.25) is 5.91 Å². The molecule has 0 aromatic carbocycles. The van der Waals surface area contributed by atoms with Crippen LogP contribution in [0, 0.1) is 0 Å². The summed E-state index contributed by atoms with van der Waals surface area (Å²) in [5, 5.41) is 5.82. The third-order valence-corrected chi connectivity index (χ3v) is 3.74. The normalized spacial score (nSPS) is 21.3. The van der Waals surface area contributed by atoms with Crippen LogP contribution in [-0.4, -0.2) is 67.6 Å². The van der Waals surface area contributed by atoms with Gasteiger partial charge in [-0.2, -0.15) is 0 Å². The highest BCUT2D eigenvalue weighted by molar-refractivity contribution is 5.77. The molecular formula is C12H22N4O2. The Morgan fingerprint density at radius 2 is 2.11 bits per heavy atom. The first-order valence-electron chi connectivity index (χ1n) is 6.69. The number of carbonyl (C=O) groups excluding carboxylic acids is 2. The molecule has 2 heterocycles. The molecule has 6 heteroatoms. The van der Waals surface area contributed by atoms with Crippen molar-refractivity contribution in [2.75, 3.05) is 39.8 Å². The van der Waals surface area contributed by atoms with E-state index in [0.29, 0.717) is 12.5 Å². The minimum Gasteiger partial charge on any atom is -0.343 e. The number of amides is 3. The molecule has 2 aliphatic heterocycles. The van der Waals surface area contributed by atoms with E-state index in [2.05, 4.69) is 10.6 Å². The Morgan fingerprint density at radius 3 is 2.67 bits per heavy atom. The quantitative estimate of drug-likeness (QED) is 0.718. The molecule has 6 nitrogen and oxygen atoms in total. The van der Waals surface area contributed by atoms with Gasteiger partial charge >= 0.3 is 6.03 Å². The van der Waals surface area contributed by atoms with E-state index in [1.165, 1.54) is 0 Å². The third kappa shape index (κ3) is 2.93. The van der Waals surface area contributed by atoms with Crippen molar-refractivity contribution < 1.29 is 9.59 Å². The maximum atomic E-state index is 11.8. The Morgan fingerprint density at radius 1 is 1.39 bits per heavy atom. The van der Waals surface area contributed by atoms with E-state index in [4.69, 9.17) is 0 Å².